The van der Waals surface area contributed by atoms with Crippen LogP contribution in [0.15, 0.2) is 18.2 Å². The molecule has 0 aliphatic carbocycles. The molecular formula is C12H9F3N2O4. The zero-order chi connectivity index (χ0) is 16.2. The fourth-order valence-electron chi connectivity index (χ4n) is 1.63. The molecule has 0 saturated carbocycles. The van der Waals surface area contributed by atoms with E-state index in [0.717, 1.165) is 11.0 Å². The molecule has 0 radical (unpaired) electrons. The van der Waals surface area contributed by atoms with Crippen LogP contribution in [0.4, 0.5) is 18.9 Å². The first kappa shape index (κ1) is 16.3. The predicted octanol–water partition coefficient (Wildman–Crippen LogP) is 1.55. The highest BCUT2D eigenvalue weighted by Crippen LogP contribution is 2.32. The lowest BCUT2D eigenvalue weighted by atomic mass is 10.1. The molecule has 0 aliphatic rings. The van der Waals surface area contributed by atoms with E-state index in [1.165, 1.54) is 6.07 Å². The molecule has 6 nitrogen and oxygen atoms in total. The Kier molecular flexibility index (Phi) is 4.75. The average Bonchev–Trinajstić information content (AvgIpc) is 2.35. The molecular weight excluding hydrogens is 293 g/mol. The summed E-state index contributed by atoms with van der Waals surface area (Å²) in [6, 6.07) is 3.60. The first-order valence-corrected chi connectivity index (χ1v) is 5.45. The van der Waals surface area contributed by atoms with E-state index in [-0.39, 0.29) is 5.69 Å². The number of nitrogens with zero attached hydrogens (tertiary/aromatic N) is 2. The number of halogens is 3. The van der Waals surface area contributed by atoms with Crippen molar-refractivity contribution >= 4 is 17.6 Å². The smallest absolute Gasteiger partial charge is 0.416 e. The minimum Gasteiger partial charge on any atom is -0.480 e. The van der Waals surface area contributed by atoms with Gasteiger partial charge in [0.15, 0.2) is 0 Å². The van der Waals surface area contributed by atoms with Crippen LogP contribution in [-0.2, 0) is 15.8 Å². The third-order valence-electron chi connectivity index (χ3n) is 2.44. The monoisotopic (exact) mass is 302 g/mol. The van der Waals surface area contributed by atoms with Crippen LogP contribution < -0.4 is 4.90 Å². The van der Waals surface area contributed by atoms with Crippen LogP contribution in [0.1, 0.15) is 11.1 Å². The summed E-state index contributed by atoms with van der Waals surface area (Å²) in [6.07, 6.45) is -4.66. The summed E-state index contributed by atoms with van der Waals surface area (Å²) in [6.45, 7) is -1.52. The number of hydrogen-bond acceptors (Lipinski definition) is 4. The number of carboxylic acids is 2. The molecule has 0 amide bonds. The second-order valence-corrected chi connectivity index (χ2v) is 3.99. The van der Waals surface area contributed by atoms with Gasteiger partial charge >= 0.3 is 18.1 Å². The Labute approximate surface area is 116 Å². The summed E-state index contributed by atoms with van der Waals surface area (Å²) in [5.41, 5.74) is -1.71. The highest BCUT2D eigenvalue weighted by molar-refractivity contribution is 5.81. The Morgan fingerprint density at radius 3 is 2.10 bits per heavy atom. The molecule has 112 valence electrons. The van der Waals surface area contributed by atoms with Gasteiger partial charge in [0.25, 0.3) is 0 Å². The number of aliphatic carboxylic acids is 2. The average molecular weight is 302 g/mol. The van der Waals surface area contributed by atoms with Crippen molar-refractivity contribution in [1.82, 2.24) is 0 Å². The zero-order valence-electron chi connectivity index (χ0n) is 10.4. The third kappa shape index (κ3) is 4.38. The number of hydrogen-bond donors (Lipinski definition) is 2. The van der Waals surface area contributed by atoms with Crippen LogP contribution in [0.25, 0.3) is 0 Å². The van der Waals surface area contributed by atoms with E-state index in [2.05, 4.69) is 0 Å². The fraction of sp³-hybridized carbons (Fsp3) is 0.250. The van der Waals surface area contributed by atoms with Gasteiger partial charge in [0, 0.05) is 0 Å². The maximum absolute atomic E-state index is 12.5. The second-order valence-electron chi connectivity index (χ2n) is 3.99. The van der Waals surface area contributed by atoms with Crippen LogP contribution in [0, 0.1) is 11.3 Å². The molecule has 9 heteroatoms. The molecule has 1 rings (SSSR count). The molecule has 0 bridgehead atoms. The van der Waals surface area contributed by atoms with Gasteiger partial charge in [0.1, 0.15) is 19.2 Å². The van der Waals surface area contributed by atoms with Gasteiger partial charge in [-0.25, -0.2) is 0 Å². The molecule has 1 aromatic rings. The van der Waals surface area contributed by atoms with Crippen molar-refractivity contribution in [1.29, 1.82) is 5.26 Å². The van der Waals surface area contributed by atoms with Crippen LogP contribution in [0.2, 0.25) is 0 Å². The van der Waals surface area contributed by atoms with Gasteiger partial charge in [0.2, 0.25) is 0 Å². The Bertz CT molecular complexity index is 592. The summed E-state index contributed by atoms with van der Waals surface area (Å²) in [5, 5.41) is 26.3. The van der Waals surface area contributed by atoms with Crippen LogP contribution in [-0.4, -0.2) is 35.2 Å². The Balaban J connectivity index is 3.28. The van der Waals surface area contributed by atoms with E-state index in [0.29, 0.717) is 12.1 Å². The number of nitriles is 1. The Morgan fingerprint density at radius 1 is 1.19 bits per heavy atom. The van der Waals surface area contributed by atoms with E-state index in [1.807, 2.05) is 0 Å². The number of carbonyl (C=O) groups is 2. The van der Waals surface area contributed by atoms with E-state index in [4.69, 9.17) is 15.5 Å². The first-order valence-electron chi connectivity index (χ1n) is 5.45. The van der Waals surface area contributed by atoms with Crippen LogP contribution >= 0.6 is 0 Å². The van der Waals surface area contributed by atoms with Crippen molar-refractivity contribution < 1.29 is 33.0 Å². The maximum Gasteiger partial charge on any atom is 0.416 e. The summed E-state index contributed by atoms with van der Waals surface area (Å²) in [4.78, 5) is 22.2. The second kappa shape index (κ2) is 6.13. The standard InChI is InChI=1S/C12H9F3N2O4/c13-12(14,15)8-1-2-9(7(3-8)4-16)17(5-10(18)19)6-11(20)21/h1-3H,5-6H2,(H,18,19)(H,20,21). The lowest BCUT2D eigenvalue weighted by molar-refractivity contribution is -0.138. The van der Waals surface area contributed by atoms with Crippen molar-refractivity contribution in [2.24, 2.45) is 0 Å². The highest BCUT2D eigenvalue weighted by atomic mass is 19.4. The van der Waals surface area contributed by atoms with Crippen molar-refractivity contribution in [3.63, 3.8) is 0 Å². The molecule has 0 unspecified atom stereocenters. The van der Waals surface area contributed by atoms with Crippen molar-refractivity contribution in [2.45, 2.75) is 6.18 Å². The first-order chi connectivity index (χ1) is 9.65. The lowest BCUT2D eigenvalue weighted by Gasteiger charge is -2.22. The Morgan fingerprint density at radius 2 is 1.71 bits per heavy atom. The van der Waals surface area contributed by atoms with Gasteiger partial charge in [-0.05, 0) is 18.2 Å². The molecule has 0 atom stereocenters. The van der Waals surface area contributed by atoms with Crippen molar-refractivity contribution in [3.8, 4) is 6.07 Å². The lowest BCUT2D eigenvalue weighted by Crippen LogP contribution is -2.35. The van der Waals surface area contributed by atoms with Crippen molar-refractivity contribution in [3.05, 3.63) is 29.3 Å². The quantitative estimate of drug-likeness (QED) is 0.855. The molecule has 21 heavy (non-hydrogen) atoms. The molecule has 0 fully saturated rings. The zero-order valence-corrected chi connectivity index (χ0v) is 10.4. The number of alkyl halides is 3. The molecule has 0 aromatic heterocycles. The molecule has 0 saturated heterocycles. The van der Waals surface area contributed by atoms with Crippen molar-refractivity contribution in [2.75, 3.05) is 18.0 Å². The minimum atomic E-state index is -4.66. The summed E-state index contributed by atoms with van der Waals surface area (Å²) in [5.74, 6) is -2.75. The SMILES string of the molecule is N#Cc1cc(C(F)(F)F)ccc1N(CC(=O)O)CC(=O)O. The van der Waals surface area contributed by atoms with E-state index < -0.39 is 42.3 Å². The topological polar surface area (TPSA) is 102 Å². The number of rotatable bonds is 5. The molecule has 2 N–H and O–H groups in total. The number of anilines is 1. The van der Waals surface area contributed by atoms with E-state index in [9.17, 15) is 22.8 Å². The van der Waals surface area contributed by atoms with Crippen LogP contribution in [0.5, 0.6) is 0 Å². The van der Waals surface area contributed by atoms with E-state index >= 15 is 0 Å². The molecule has 1 aromatic carbocycles. The summed E-state index contributed by atoms with van der Waals surface area (Å²) in [7, 11) is 0. The molecule has 0 aliphatic heterocycles. The van der Waals surface area contributed by atoms with Gasteiger partial charge in [-0.1, -0.05) is 0 Å². The number of carboxylic acid groups (broad SMARTS) is 2. The van der Waals surface area contributed by atoms with Gasteiger partial charge in [-0.3, -0.25) is 9.59 Å². The fourth-order valence-corrected chi connectivity index (χ4v) is 1.63. The largest absolute Gasteiger partial charge is 0.480 e. The van der Waals surface area contributed by atoms with Gasteiger partial charge in [-0.15, -0.1) is 0 Å². The maximum atomic E-state index is 12.5. The van der Waals surface area contributed by atoms with Gasteiger partial charge in [0.05, 0.1) is 16.8 Å². The van der Waals surface area contributed by atoms with Crippen LogP contribution in [0.3, 0.4) is 0 Å². The molecule has 0 spiro atoms. The molecule has 0 heterocycles. The van der Waals surface area contributed by atoms with Gasteiger partial charge in [-0.2, -0.15) is 18.4 Å². The number of benzene rings is 1. The van der Waals surface area contributed by atoms with Gasteiger partial charge < -0.3 is 15.1 Å². The minimum absolute atomic E-state index is 0.185. The Hall–Kier alpha value is -2.76. The predicted molar refractivity (Wildman–Crippen MR) is 63.6 cm³/mol. The van der Waals surface area contributed by atoms with E-state index in [1.54, 1.807) is 0 Å². The normalized spacial score (nSPS) is 10.8. The highest BCUT2D eigenvalue weighted by Gasteiger charge is 2.31. The summed E-state index contributed by atoms with van der Waals surface area (Å²) >= 11 is 0. The summed E-state index contributed by atoms with van der Waals surface area (Å²) < 4.78 is 37.6. The third-order valence-corrected chi connectivity index (χ3v) is 2.44.